The monoisotopic (exact) mass is 631 g/mol. The van der Waals surface area contributed by atoms with Gasteiger partial charge in [0, 0.05) is 11.7 Å². The Morgan fingerprint density at radius 1 is 0.429 bits per heavy atom. The van der Waals surface area contributed by atoms with Crippen LogP contribution in [0.3, 0.4) is 0 Å². The van der Waals surface area contributed by atoms with Gasteiger partial charge in [-0.05, 0) is 98.6 Å². The number of hydrogen-bond acceptors (Lipinski definition) is 1. The van der Waals surface area contributed by atoms with Crippen molar-refractivity contribution in [3.05, 3.63) is 199 Å². The highest BCUT2D eigenvalue weighted by Crippen LogP contribution is 2.34. The minimum Gasteiger partial charge on any atom is -0.378 e. The van der Waals surface area contributed by atoms with Crippen molar-refractivity contribution >= 4 is 38.0 Å². The normalized spacial score (nSPS) is 11.5. The Bertz CT molecular complexity index is 2390. The van der Waals surface area contributed by atoms with Gasteiger partial charge in [-0.2, -0.15) is 0 Å². The summed E-state index contributed by atoms with van der Waals surface area (Å²) in [5, 5.41) is 11.1. The molecular weight excluding hydrogens is 591 g/mol. The summed E-state index contributed by atoms with van der Waals surface area (Å²) in [6.45, 7) is 6.45. The third-order valence-electron chi connectivity index (χ3n) is 9.37. The number of rotatable bonds is 5. The maximum atomic E-state index is 3.66. The maximum absolute atomic E-state index is 3.66. The highest BCUT2D eigenvalue weighted by Gasteiger charge is 2.09. The number of nitrogens with one attached hydrogen (secondary N) is 1. The van der Waals surface area contributed by atoms with E-state index < -0.39 is 0 Å². The minimum atomic E-state index is 0.212. The second-order valence-electron chi connectivity index (χ2n) is 12.8. The Morgan fingerprint density at radius 2 is 1.00 bits per heavy atom. The minimum absolute atomic E-state index is 0.212. The van der Waals surface area contributed by atoms with Gasteiger partial charge in [0.25, 0.3) is 0 Å². The van der Waals surface area contributed by atoms with Crippen LogP contribution >= 0.6 is 0 Å². The molecule has 0 aliphatic rings. The van der Waals surface area contributed by atoms with E-state index in [0.29, 0.717) is 0 Å². The third kappa shape index (κ3) is 7.32. The highest BCUT2D eigenvalue weighted by molar-refractivity contribution is 6.07. The summed E-state index contributed by atoms with van der Waals surface area (Å²) in [6, 6.07) is 65.7. The van der Waals surface area contributed by atoms with Crippen LogP contribution in [0.1, 0.15) is 29.7 Å². The fraction of sp³-hybridized carbons (Fsp3) is 0.0833. The summed E-state index contributed by atoms with van der Waals surface area (Å²) >= 11 is 0. The number of benzene rings is 6. The molecule has 4 bridgehead atoms. The fourth-order valence-electron chi connectivity index (χ4n) is 6.46. The molecule has 1 nitrogen and oxygen atoms in total. The summed E-state index contributed by atoms with van der Waals surface area (Å²) < 4.78 is 0. The molecule has 1 unspecified atom stereocenters. The first kappa shape index (κ1) is 31.7. The van der Waals surface area contributed by atoms with Gasteiger partial charge in [0.15, 0.2) is 0 Å². The van der Waals surface area contributed by atoms with E-state index >= 15 is 0 Å². The molecule has 9 aromatic carbocycles. The molecule has 9 aromatic rings. The van der Waals surface area contributed by atoms with E-state index in [1.54, 1.807) is 0 Å². The second kappa shape index (κ2) is 14.5. The van der Waals surface area contributed by atoms with Gasteiger partial charge in [-0.25, -0.2) is 0 Å². The smallest absolute Gasteiger partial charge is 0.0485 e. The van der Waals surface area contributed by atoms with Gasteiger partial charge >= 0.3 is 0 Å². The number of fused-ring (bicyclic) bond motifs is 7. The largest absolute Gasteiger partial charge is 0.378 e. The third-order valence-corrected chi connectivity index (χ3v) is 9.37. The number of hydrogen-bond donors (Lipinski definition) is 1. The molecule has 1 N–H and O–H groups in total. The molecule has 0 fully saturated rings. The molecule has 0 saturated carbocycles. The second-order valence-corrected chi connectivity index (χ2v) is 12.8. The average Bonchev–Trinajstić information content (AvgIpc) is 3.14. The first-order valence-electron chi connectivity index (χ1n) is 17.1. The van der Waals surface area contributed by atoms with E-state index in [2.05, 4.69) is 190 Å². The number of para-hydroxylation sites is 1. The molecule has 1 heteroatoms. The lowest BCUT2D eigenvalue weighted by Gasteiger charge is -2.18. The molecule has 49 heavy (non-hydrogen) atoms. The van der Waals surface area contributed by atoms with Gasteiger partial charge in [0.05, 0.1) is 0 Å². The summed E-state index contributed by atoms with van der Waals surface area (Å²) in [5.74, 6) is 0. The SMILES string of the molecule is Cc1ccccc1.Cc1ccccc1NC(C)c1ccc(-c2ccc3ccc4ccc(-c5ccc6ccccc6c5)c(cc3)c4cc2)cc1. The first-order chi connectivity index (χ1) is 24.0. The van der Waals surface area contributed by atoms with Crippen LogP contribution in [0.25, 0.3) is 54.6 Å². The maximum Gasteiger partial charge on any atom is 0.0485 e. The van der Waals surface area contributed by atoms with Crippen molar-refractivity contribution in [2.45, 2.75) is 26.8 Å². The zero-order valence-corrected chi connectivity index (χ0v) is 28.4. The van der Waals surface area contributed by atoms with Crippen LogP contribution in [0, 0.1) is 13.8 Å². The molecule has 0 saturated heterocycles. The number of anilines is 1. The Balaban J connectivity index is 0.000000483. The highest BCUT2D eigenvalue weighted by atomic mass is 14.9. The van der Waals surface area contributed by atoms with Gasteiger partial charge in [-0.15, -0.1) is 0 Å². The lowest BCUT2D eigenvalue weighted by atomic mass is 9.94. The standard InChI is InChI=1S/C41H33N.C7H8/c1-28-7-3-6-10-41(28)42-29(2)31-16-18-34(19-17-31)33-14-11-30-12-15-35-23-26-39(40(24-13-30)38(35)25-22-33)37-21-20-32-8-4-5-9-36(32)27-37;1-7-5-3-2-4-6-7/h3-27,29,42H,1-2H3;2-6H,1H3. The van der Waals surface area contributed by atoms with E-state index in [1.165, 1.54) is 76.9 Å². The molecule has 0 aliphatic heterocycles. The van der Waals surface area contributed by atoms with Gasteiger partial charge in [0.2, 0.25) is 0 Å². The van der Waals surface area contributed by atoms with Crippen LogP contribution in [0.15, 0.2) is 182 Å². The zero-order valence-electron chi connectivity index (χ0n) is 28.4. The summed E-state index contributed by atoms with van der Waals surface area (Å²) in [6.07, 6.45) is 0. The zero-order chi connectivity index (χ0) is 33.6. The molecule has 9 rings (SSSR count). The number of aryl methyl sites for hydroxylation is 2. The lowest BCUT2D eigenvalue weighted by Crippen LogP contribution is -2.07. The van der Waals surface area contributed by atoms with Crippen molar-refractivity contribution in [1.29, 1.82) is 0 Å². The molecular formula is C48H41N. The van der Waals surface area contributed by atoms with E-state index in [4.69, 9.17) is 0 Å². The summed E-state index contributed by atoms with van der Waals surface area (Å²) in [4.78, 5) is 0. The Morgan fingerprint density at radius 3 is 1.76 bits per heavy atom. The van der Waals surface area contributed by atoms with Gasteiger partial charge < -0.3 is 5.32 Å². The van der Waals surface area contributed by atoms with Crippen molar-refractivity contribution in [2.75, 3.05) is 5.32 Å². The summed E-state index contributed by atoms with van der Waals surface area (Å²) in [5.41, 5.74) is 9.91. The average molecular weight is 632 g/mol. The first-order valence-corrected chi connectivity index (χ1v) is 17.1. The molecule has 1 atom stereocenters. The molecule has 0 heterocycles. The quantitative estimate of drug-likeness (QED) is 0.199. The van der Waals surface area contributed by atoms with E-state index in [-0.39, 0.29) is 6.04 Å². The van der Waals surface area contributed by atoms with Crippen LogP contribution in [-0.4, -0.2) is 0 Å². The van der Waals surface area contributed by atoms with Crippen molar-refractivity contribution < 1.29 is 0 Å². The molecule has 238 valence electrons. The molecule has 0 aliphatic carbocycles. The molecule has 0 spiro atoms. The van der Waals surface area contributed by atoms with Gasteiger partial charge in [-0.3, -0.25) is 0 Å². The van der Waals surface area contributed by atoms with Crippen molar-refractivity contribution in [3.8, 4) is 22.3 Å². The van der Waals surface area contributed by atoms with Crippen LogP contribution in [0.4, 0.5) is 5.69 Å². The van der Waals surface area contributed by atoms with Crippen LogP contribution in [-0.2, 0) is 0 Å². The predicted octanol–water partition coefficient (Wildman–Crippen LogP) is 13.5. The van der Waals surface area contributed by atoms with Crippen LogP contribution in [0.5, 0.6) is 0 Å². The van der Waals surface area contributed by atoms with Gasteiger partial charge in [0.1, 0.15) is 0 Å². The lowest BCUT2D eigenvalue weighted by molar-refractivity contribution is 0.883. The Hall–Kier alpha value is -5.92. The predicted molar refractivity (Wildman–Crippen MR) is 213 cm³/mol. The molecule has 0 amide bonds. The molecule has 0 aromatic heterocycles. The van der Waals surface area contributed by atoms with Crippen molar-refractivity contribution in [3.63, 3.8) is 0 Å². The van der Waals surface area contributed by atoms with E-state index in [0.717, 1.165) is 0 Å². The van der Waals surface area contributed by atoms with Crippen LogP contribution < -0.4 is 5.32 Å². The van der Waals surface area contributed by atoms with Crippen molar-refractivity contribution in [2.24, 2.45) is 0 Å². The topological polar surface area (TPSA) is 12.0 Å². The van der Waals surface area contributed by atoms with E-state index in [1.807, 2.05) is 18.2 Å². The van der Waals surface area contributed by atoms with E-state index in [9.17, 15) is 0 Å². The van der Waals surface area contributed by atoms with Crippen LogP contribution in [0.2, 0.25) is 0 Å². The van der Waals surface area contributed by atoms with Crippen molar-refractivity contribution in [1.82, 2.24) is 0 Å². The summed E-state index contributed by atoms with van der Waals surface area (Å²) in [7, 11) is 0. The van der Waals surface area contributed by atoms with Gasteiger partial charge in [-0.1, -0.05) is 175 Å². The molecule has 0 radical (unpaired) electrons. The fourth-order valence-corrected chi connectivity index (χ4v) is 6.46. The Kier molecular flexibility index (Phi) is 9.34. The Labute approximate surface area is 290 Å².